The second-order valence-corrected chi connectivity index (χ2v) is 4.63. The zero-order chi connectivity index (χ0) is 16.3. The number of carboxylic acid groups (broad SMARTS) is 2. The lowest BCUT2D eigenvalue weighted by Crippen LogP contribution is -2.21. The van der Waals surface area contributed by atoms with Crippen molar-refractivity contribution in [2.75, 3.05) is 0 Å². The van der Waals surface area contributed by atoms with Crippen LogP contribution in [0.1, 0.15) is 39.5 Å². The van der Waals surface area contributed by atoms with Crippen LogP contribution in [0.15, 0.2) is 24.3 Å². The molecule has 1 fully saturated rings. The van der Waals surface area contributed by atoms with Gasteiger partial charge in [-0.25, -0.2) is 9.59 Å². The molecule has 0 saturated heterocycles. The van der Waals surface area contributed by atoms with E-state index in [0.717, 1.165) is 25.7 Å². The number of carboxylic acids is 2. The van der Waals surface area contributed by atoms with Crippen molar-refractivity contribution >= 4 is 11.9 Å². The van der Waals surface area contributed by atoms with E-state index in [-0.39, 0.29) is 23.4 Å². The smallest absolute Gasteiger partial charge is 0.330 e. The summed E-state index contributed by atoms with van der Waals surface area (Å²) in [7, 11) is 0. The van der Waals surface area contributed by atoms with Crippen molar-refractivity contribution in [2.24, 2.45) is 0 Å². The van der Waals surface area contributed by atoms with E-state index in [9.17, 15) is 9.59 Å². The molecule has 1 aliphatic rings. The number of carbonyl (C=O) groups is 2. The minimum atomic E-state index is -0.935. The fraction of sp³-hybridized carbons (Fsp3) is 0.571. The average molecular weight is 288 g/mol. The zero-order valence-corrected chi connectivity index (χ0v) is 12.0. The third-order valence-corrected chi connectivity index (χ3v) is 2.40. The Bertz CT molecular complexity index is 282. The van der Waals surface area contributed by atoms with Crippen LogP contribution in [-0.2, 0) is 9.59 Å². The standard InChI is InChI=1S/C6H12O2.2C4H6O2/c7-5-1-2-6(8)4-3-5;2*1-3(2)4(5)6/h5-8H,1-4H2;2*1H2,2H3,(H,5,6)/t5-,6-;;. The van der Waals surface area contributed by atoms with Gasteiger partial charge in [-0.05, 0) is 39.5 Å². The minimum absolute atomic E-state index is 0.140. The van der Waals surface area contributed by atoms with E-state index >= 15 is 0 Å². The molecule has 4 N–H and O–H groups in total. The van der Waals surface area contributed by atoms with Crippen LogP contribution in [-0.4, -0.2) is 44.6 Å². The largest absolute Gasteiger partial charge is 0.478 e. The Kier molecular flexibility index (Phi) is 11.6. The van der Waals surface area contributed by atoms with Crippen molar-refractivity contribution < 1.29 is 30.0 Å². The Hall–Kier alpha value is -1.66. The van der Waals surface area contributed by atoms with Gasteiger partial charge in [0.2, 0.25) is 0 Å². The van der Waals surface area contributed by atoms with Crippen LogP contribution in [0.3, 0.4) is 0 Å². The molecule has 0 heterocycles. The molecule has 0 aliphatic heterocycles. The number of aliphatic carboxylic acids is 2. The molecule has 6 nitrogen and oxygen atoms in total. The monoisotopic (exact) mass is 288 g/mol. The molecule has 116 valence electrons. The van der Waals surface area contributed by atoms with E-state index in [4.69, 9.17) is 20.4 Å². The van der Waals surface area contributed by atoms with Crippen molar-refractivity contribution in [1.82, 2.24) is 0 Å². The topological polar surface area (TPSA) is 115 Å². The van der Waals surface area contributed by atoms with Crippen molar-refractivity contribution in [3.63, 3.8) is 0 Å². The molecule has 0 radical (unpaired) electrons. The Morgan fingerprint density at radius 2 is 0.950 bits per heavy atom. The zero-order valence-electron chi connectivity index (χ0n) is 12.0. The predicted molar refractivity (Wildman–Crippen MR) is 75.4 cm³/mol. The molecular formula is C14H24O6. The van der Waals surface area contributed by atoms with E-state index in [2.05, 4.69) is 13.2 Å². The van der Waals surface area contributed by atoms with Gasteiger partial charge in [0, 0.05) is 11.1 Å². The summed E-state index contributed by atoms with van der Waals surface area (Å²) in [6.07, 6.45) is 2.83. The highest BCUT2D eigenvalue weighted by Crippen LogP contribution is 2.17. The van der Waals surface area contributed by atoms with Crippen molar-refractivity contribution in [3.05, 3.63) is 24.3 Å². The summed E-state index contributed by atoms with van der Waals surface area (Å²) < 4.78 is 0. The first-order valence-electron chi connectivity index (χ1n) is 6.21. The van der Waals surface area contributed by atoms with E-state index < -0.39 is 11.9 Å². The Morgan fingerprint density at radius 1 is 0.800 bits per heavy atom. The molecule has 1 aliphatic carbocycles. The summed E-state index contributed by atoms with van der Waals surface area (Å²) in [5.41, 5.74) is 0.352. The molecule has 0 unspecified atom stereocenters. The lowest BCUT2D eigenvalue weighted by Gasteiger charge is -2.20. The van der Waals surface area contributed by atoms with Gasteiger partial charge in [0.1, 0.15) is 0 Å². The van der Waals surface area contributed by atoms with Crippen molar-refractivity contribution in [1.29, 1.82) is 0 Å². The number of hydrogen-bond donors (Lipinski definition) is 4. The molecule has 0 bridgehead atoms. The molecule has 0 aromatic heterocycles. The molecule has 0 aromatic carbocycles. The maximum atomic E-state index is 9.60. The lowest BCUT2D eigenvalue weighted by atomic mass is 9.95. The minimum Gasteiger partial charge on any atom is -0.478 e. The molecule has 0 amide bonds. The molecule has 6 heteroatoms. The number of rotatable bonds is 2. The SMILES string of the molecule is C=C(C)C(=O)O.C=C(C)C(=O)O.O[C@H]1CC[C@H](O)CC1. The first-order chi connectivity index (χ1) is 9.07. The van der Waals surface area contributed by atoms with Crippen LogP contribution >= 0.6 is 0 Å². The second kappa shape index (κ2) is 11.2. The van der Waals surface area contributed by atoms with E-state index in [1.54, 1.807) is 0 Å². The molecule has 0 spiro atoms. The first kappa shape index (κ1) is 20.7. The van der Waals surface area contributed by atoms with Crippen LogP contribution in [0, 0.1) is 0 Å². The summed E-state index contributed by atoms with van der Waals surface area (Å²) >= 11 is 0. The summed E-state index contributed by atoms with van der Waals surface area (Å²) in [5, 5.41) is 33.6. The fourth-order valence-corrected chi connectivity index (χ4v) is 1.06. The fourth-order valence-electron chi connectivity index (χ4n) is 1.06. The third kappa shape index (κ3) is 14.4. The predicted octanol–water partition coefficient (Wildman–Crippen LogP) is 1.58. The summed E-state index contributed by atoms with van der Waals surface area (Å²) in [5.74, 6) is -1.87. The molecular weight excluding hydrogens is 264 g/mol. The van der Waals surface area contributed by atoms with Gasteiger partial charge < -0.3 is 20.4 Å². The van der Waals surface area contributed by atoms with Gasteiger partial charge in [-0.2, -0.15) is 0 Å². The van der Waals surface area contributed by atoms with Crippen LogP contribution < -0.4 is 0 Å². The number of aliphatic hydroxyl groups is 2. The quantitative estimate of drug-likeness (QED) is 0.573. The van der Waals surface area contributed by atoms with Gasteiger partial charge in [0.05, 0.1) is 12.2 Å². The summed E-state index contributed by atoms with van der Waals surface area (Å²) in [4.78, 5) is 19.2. The maximum absolute atomic E-state index is 9.60. The van der Waals surface area contributed by atoms with E-state index in [1.807, 2.05) is 0 Å². The average Bonchev–Trinajstić information content (AvgIpc) is 2.34. The Balaban J connectivity index is 0. The highest BCUT2D eigenvalue weighted by atomic mass is 16.4. The van der Waals surface area contributed by atoms with E-state index in [0.29, 0.717) is 0 Å². The number of aliphatic hydroxyl groups excluding tert-OH is 2. The molecule has 1 saturated carbocycles. The van der Waals surface area contributed by atoms with Crippen LogP contribution in [0.25, 0.3) is 0 Å². The van der Waals surface area contributed by atoms with Gasteiger partial charge >= 0.3 is 11.9 Å². The van der Waals surface area contributed by atoms with Crippen LogP contribution in [0.2, 0.25) is 0 Å². The van der Waals surface area contributed by atoms with E-state index in [1.165, 1.54) is 13.8 Å². The summed E-state index contributed by atoms with van der Waals surface area (Å²) in [6.45, 7) is 9.20. The van der Waals surface area contributed by atoms with Gasteiger partial charge in [0.25, 0.3) is 0 Å². The highest BCUT2D eigenvalue weighted by molar-refractivity contribution is 5.85. The van der Waals surface area contributed by atoms with Crippen LogP contribution in [0.4, 0.5) is 0 Å². The molecule has 0 atom stereocenters. The molecule has 20 heavy (non-hydrogen) atoms. The second-order valence-electron chi connectivity index (χ2n) is 4.63. The van der Waals surface area contributed by atoms with Gasteiger partial charge in [0.15, 0.2) is 0 Å². The Morgan fingerprint density at radius 3 is 1.05 bits per heavy atom. The van der Waals surface area contributed by atoms with Gasteiger partial charge in [-0.3, -0.25) is 0 Å². The van der Waals surface area contributed by atoms with Crippen LogP contribution in [0.5, 0.6) is 0 Å². The molecule has 0 aromatic rings. The summed E-state index contributed by atoms with van der Waals surface area (Å²) in [6, 6.07) is 0. The first-order valence-corrected chi connectivity index (χ1v) is 6.21. The third-order valence-electron chi connectivity index (χ3n) is 2.40. The highest BCUT2D eigenvalue weighted by Gasteiger charge is 2.15. The van der Waals surface area contributed by atoms with Crippen molar-refractivity contribution in [2.45, 2.75) is 51.7 Å². The van der Waals surface area contributed by atoms with Crippen molar-refractivity contribution in [3.8, 4) is 0 Å². The molecule has 1 rings (SSSR count). The normalized spacial score (nSPS) is 20.4. The Labute approximate surface area is 119 Å². The maximum Gasteiger partial charge on any atom is 0.330 e. The van der Waals surface area contributed by atoms with Gasteiger partial charge in [-0.1, -0.05) is 13.2 Å². The lowest BCUT2D eigenvalue weighted by molar-refractivity contribution is -0.133. The number of hydrogen-bond acceptors (Lipinski definition) is 4. The van der Waals surface area contributed by atoms with Gasteiger partial charge in [-0.15, -0.1) is 0 Å².